The number of methoxy groups -OCH3 is 1. The molecular weight excluding hydrogens is 462 g/mol. The third-order valence-electron chi connectivity index (χ3n) is 6.26. The lowest BCUT2D eigenvalue weighted by atomic mass is 9.91. The lowest BCUT2D eigenvalue weighted by Gasteiger charge is -2.25. The van der Waals surface area contributed by atoms with Gasteiger partial charge in [0.1, 0.15) is 30.3 Å². The van der Waals surface area contributed by atoms with Gasteiger partial charge in [-0.2, -0.15) is 0 Å². The summed E-state index contributed by atoms with van der Waals surface area (Å²) in [5.74, 6) is -0.609. The first kappa shape index (κ1) is 22.2. The van der Waals surface area contributed by atoms with Crippen molar-refractivity contribution in [2.45, 2.75) is 31.7 Å². The standard InChI is InChI=1S/C23H23N3O7S/c1-23(12-6-7-14-15(10-12)33-9-8-32-14)21(29)26(22(30)25-23)11-17(27)24-19-18(20(28)31-2)13-4-3-5-16(13)34-19/h6-7,10H,3-5,8-9,11H2,1-2H3,(H,24,27)(H,25,30). The van der Waals surface area contributed by atoms with Crippen LogP contribution in [0.25, 0.3) is 0 Å². The molecule has 2 aliphatic heterocycles. The van der Waals surface area contributed by atoms with Crippen molar-refractivity contribution in [1.82, 2.24) is 10.2 Å². The normalized spacial score (nSPS) is 20.7. The maximum Gasteiger partial charge on any atom is 0.341 e. The highest BCUT2D eigenvalue weighted by molar-refractivity contribution is 7.17. The number of amides is 4. The van der Waals surface area contributed by atoms with E-state index in [0.717, 1.165) is 34.6 Å². The highest BCUT2D eigenvalue weighted by Crippen LogP contribution is 2.40. The summed E-state index contributed by atoms with van der Waals surface area (Å²) < 4.78 is 16.0. The lowest BCUT2D eigenvalue weighted by Crippen LogP contribution is -2.42. The Balaban J connectivity index is 1.34. The molecule has 4 amide bonds. The van der Waals surface area contributed by atoms with Crippen molar-refractivity contribution in [3.05, 3.63) is 39.8 Å². The number of anilines is 1. The van der Waals surface area contributed by atoms with Gasteiger partial charge in [0.25, 0.3) is 5.91 Å². The van der Waals surface area contributed by atoms with E-state index >= 15 is 0 Å². The minimum atomic E-state index is -1.37. The number of nitrogens with one attached hydrogen (secondary N) is 2. The van der Waals surface area contributed by atoms with E-state index in [1.54, 1.807) is 25.1 Å². The summed E-state index contributed by atoms with van der Waals surface area (Å²) >= 11 is 1.33. The van der Waals surface area contributed by atoms with Crippen LogP contribution in [0.1, 0.15) is 39.7 Å². The number of fused-ring (bicyclic) bond motifs is 2. The first-order chi connectivity index (χ1) is 16.3. The second-order valence-corrected chi connectivity index (χ2v) is 9.51. The van der Waals surface area contributed by atoms with Gasteiger partial charge in [-0.15, -0.1) is 11.3 Å². The van der Waals surface area contributed by atoms with Crippen LogP contribution >= 0.6 is 11.3 Å². The fraction of sp³-hybridized carbons (Fsp3) is 0.391. The minimum absolute atomic E-state index is 0.353. The van der Waals surface area contributed by atoms with E-state index in [0.29, 0.717) is 40.8 Å². The summed E-state index contributed by atoms with van der Waals surface area (Å²) in [7, 11) is 1.29. The van der Waals surface area contributed by atoms with Crippen LogP contribution in [-0.2, 0) is 32.7 Å². The van der Waals surface area contributed by atoms with Crippen molar-refractivity contribution in [1.29, 1.82) is 0 Å². The van der Waals surface area contributed by atoms with Crippen LogP contribution in [0.15, 0.2) is 18.2 Å². The number of hydrogen-bond donors (Lipinski definition) is 2. The Hall–Kier alpha value is -3.60. The number of urea groups is 1. The molecule has 1 aliphatic carbocycles. The van der Waals surface area contributed by atoms with Crippen LogP contribution < -0.4 is 20.1 Å². The molecule has 5 rings (SSSR count). The summed E-state index contributed by atoms with van der Waals surface area (Å²) in [5, 5.41) is 5.76. The van der Waals surface area contributed by atoms with E-state index in [4.69, 9.17) is 14.2 Å². The lowest BCUT2D eigenvalue weighted by molar-refractivity contribution is -0.133. The molecule has 2 aromatic rings. The Morgan fingerprint density at radius 2 is 1.97 bits per heavy atom. The van der Waals surface area contributed by atoms with Crippen LogP contribution in [0, 0.1) is 0 Å². The number of nitrogens with zero attached hydrogens (tertiary/aromatic N) is 1. The van der Waals surface area contributed by atoms with E-state index in [9.17, 15) is 19.2 Å². The second-order valence-electron chi connectivity index (χ2n) is 8.41. The topological polar surface area (TPSA) is 123 Å². The molecule has 1 unspecified atom stereocenters. The average molecular weight is 486 g/mol. The molecule has 0 radical (unpaired) electrons. The molecule has 34 heavy (non-hydrogen) atoms. The number of imide groups is 1. The first-order valence-electron chi connectivity index (χ1n) is 10.9. The Morgan fingerprint density at radius 1 is 1.21 bits per heavy atom. The van der Waals surface area contributed by atoms with E-state index in [1.807, 2.05) is 0 Å². The predicted octanol–water partition coefficient (Wildman–Crippen LogP) is 2.20. The van der Waals surface area contributed by atoms with E-state index in [1.165, 1.54) is 18.4 Å². The zero-order chi connectivity index (χ0) is 24.0. The summed E-state index contributed by atoms with van der Waals surface area (Å²) in [6, 6.07) is 4.35. The highest BCUT2D eigenvalue weighted by Gasteiger charge is 2.50. The monoisotopic (exact) mass is 485 g/mol. The van der Waals surface area contributed by atoms with E-state index < -0.39 is 35.9 Å². The minimum Gasteiger partial charge on any atom is -0.486 e. The molecular formula is C23H23N3O7S. The summed E-state index contributed by atoms with van der Waals surface area (Å²) in [5.41, 5.74) is 0.398. The van der Waals surface area contributed by atoms with Crippen LogP contribution in [0.4, 0.5) is 9.80 Å². The molecule has 1 fully saturated rings. The average Bonchev–Trinajstić information content (AvgIpc) is 3.47. The van der Waals surface area contributed by atoms with Gasteiger partial charge in [-0.05, 0) is 49.4 Å². The number of hydrogen-bond acceptors (Lipinski definition) is 8. The molecule has 1 saturated heterocycles. The van der Waals surface area contributed by atoms with Crippen molar-refractivity contribution < 1.29 is 33.4 Å². The summed E-state index contributed by atoms with van der Waals surface area (Å²) in [4.78, 5) is 53.0. The third kappa shape index (κ3) is 3.56. The largest absolute Gasteiger partial charge is 0.486 e. The van der Waals surface area contributed by atoms with Gasteiger partial charge in [0.2, 0.25) is 5.91 Å². The highest BCUT2D eigenvalue weighted by atomic mass is 32.1. The number of benzene rings is 1. The number of thiophene rings is 1. The van der Waals surface area contributed by atoms with Gasteiger partial charge in [-0.25, -0.2) is 9.59 Å². The van der Waals surface area contributed by atoms with Gasteiger partial charge < -0.3 is 24.8 Å². The van der Waals surface area contributed by atoms with Crippen molar-refractivity contribution in [2.75, 3.05) is 32.2 Å². The van der Waals surface area contributed by atoms with Crippen molar-refractivity contribution in [2.24, 2.45) is 0 Å². The number of rotatable bonds is 5. The first-order valence-corrected chi connectivity index (χ1v) is 11.7. The number of carbonyl (C=O) groups is 4. The Labute approximate surface area is 199 Å². The van der Waals surface area contributed by atoms with Gasteiger partial charge in [0.15, 0.2) is 11.5 Å². The van der Waals surface area contributed by atoms with Crippen molar-refractivity contribution >= 4 is 40.2 Å². The van der Waals surface area contributed by atoms with Crippen molar-refractivity contribution in [3.8, 4) is 11.5 Å². The van der Waals surface area contributed by atoms with E-state index in [-0.39, 0.29) is 0 Å². The van der Waals surface area contributed by atoms with Gasteiger partial charge in [0, 0.05) is 4.88 Å². The number of aryl methyl sites for hydroxylation is 1. The van der Waals surface area contributed by atoms with Gasteiger partial charge in [-0.1, -0.05) is 6.07 Å². The van der Waals surface area contributed by atoms with E-state index in [2.05, 4.69) is 10.6 Å². The van der Waals surface area contributed by atoms with Crippen molar-refractivity contribution in [3.63, 3.8) is 0 Å². The molecule has 2 N–H and O–H groups in total. The molecule has 3 heterocycles. The maximum absolute atomic E-state index is 13.2. The predicted molar refractivity (Wildman–Crippen MR) is 121 cm³/mol. The molecule has 178 valence electrons. The maximum atomic E-state index is 13.2. The summed E-state index contributed by atoms with van der Waals surface area (Å²) in [6.07, 6.45) is 2.52. The van der Waals surface area contributed by atoms with Crippen LogP contribution in [0.5, 0.6) is 11.5 Å². The molecule has 11 heteroatoms. The fourth-order valence-electron chi connectivity index (χ4n) is 4.51. The molecule has 0 spiro atoms. The molecule has 0 bridgehead atoms. The van der Waals surface area contributed by atoms with Crippen LogP contribution in [0.3, 0.4) is 0 Å². The number of esters is 1. The quantitative estimate of drug-likeness (QED) is 0.492. The SMILES string of the molecule is COC(=O)c1c(NC(=O)CN2C(=O)NC(C)(c3ccc4c(c3)OCCO4)C2=O)sc2c1CCC2. The Morgan fingerprint density at radius 3 is 2.74 bits per heavy atom. The second kappa shape index (κ2) is 8.32. The van der Waals surface area contributed by atoms with Gasteiger partial charge in [0.05, 0.1) is 12.7 Å². The van der Waals surface area contributed by atoms with Crippen LogP contribution in [0.2, 0.25) is 0 Å². The Kier molecular flexibility index (Phi) is 5.43. The fourth-order valence-corrected chi connectivity index (χ4v) is 5.80. The van der Waals surface area contributed by atoms with Crippen LogP contribution in [-0.4, -0.2) is 55.6 Å². The smallest absolute Gasteiger partial charge is 0.341 e. The zero-order valence-electron chi connectivity index (χ0n) is 18.7. The number of ether oxygens (including phenoxy) is 3. The molecule has 10 nitrogen and oxygen atoms in total. The third-order valence-corrected chi connectivity index (χ3v) is 7.47. The summed E-state index contributed by atoms with van der Waals surface area (Å²) in [6.45, 7) is 1.91. The zero-order valence-corrected chi connectivity index (χ0v) is 19.5. The Bertz CT molecular complexity index is 1220. The van der Waals surface area contributed by atoms with Gasteiger partial charge >= 0.3 is 12.0 Å². The van der Waals surface area contributed by atoms with Gasteiger partial charge in [-0.3, -0.25) is 14.5 Å². The molecule has 0 saturated carbocycles. The molecule has 3 aliphatic rings. The molecule has 1 atom stereocenters. The number of carbonyl (C=O) groups excluding carboxylic acids is 4. The molecule has 1 aromatic heterocycles. The molecule has 1 aromatic carbocycles.